The topological polar surface area (TPSA) is 131 Å². The molecule has 2 saturated heterocycles. The molecule has 12 nitrogen and oxygen atoms in total. The predicted octanol–water partition coefficient (Wildman–Crippen LogP) is 1.74. The Morgan fingerprint density at radius 3 is 2.69 bits per heavy atom. The highest BCUT2D eigenvalue weighted by Crippen LogP contribution is 2.29. The average Bonchev–Trinajstić information content (AvgIpc) is 3.45. The predicted molar refractivity (Wildman–Crippen MR) is 122 cm³/mol. The maximum Gasteiger partial charge on any atom is 0.433 e. The number of amides is 2. The first-order valence-corrected chi connectivity index (χ1v) is 11.1. The Morgan fingerprint density at radius 2 is 2.03 bits per heavy atom. The average molecular weight is 491 g/mol. The van der Waals surface area contributed by atoms with Crippen LogP contribution in [-0.4, -0.2) is 80.9 Å². The molecular formula is C22H26FN5O7. The third-order valence-electron chi connectivity index (χ3n) is 5.84. The molecule has 1 atom stereocenters. The van der Waals surface area contributed by atoms with Gasteiger partial charge in [0, 0.05) is 33.3 Å². The van der Waals surface area contributed by atoms with Gasteiger partial charge >= 0.3 is 12.0 Å². The smallest absolute Gasteiger partial charge is 0.433 e. The molecule has 2 aliphatic heterocycles. The summed E-state index contributed by atoms with van der Waals surface area (Å²) in [6.07, 6.45) is -1.15. The summed E-state index contributed by atoms with van der Waals surface area (Å²) in [7, 11) is 1.41. The number of benzene rings is 1. The monoisotopic (exact) mass is 491 g/mol. The Hall–Kier alpha value is -3.71. The molecule has 2 aliphatic rings. The van der Waals surface area contributed by atoms with E-state index >= 15 is 0 Å². The quantitative estimate of drug-likeness (QED) is 0.412. The summed E-state index contributed by atoms with van der Waals surface area (Å²) in [5.74, 6) is -0.551. The highest BCUT2D eigenvalue weighted by Gasteiger charge is 2.33. The number of ether oxygens (including phenoxy) is 2. The zero-order valence-corrected chi connectivity index (χ0v) is 19.1. The highest BCUT2D eigenvalue weighted by molar-refractivity contribution is 5.90. The van der Waals surface area contributed by atoms with Gasteiger partial charge in [-0.15, -0.1) is 0 Å². The van der Waals surface area contributed by atoms with Gasteiger partial charge in [-0.25, -0.2) is 9.18 Å². The van der Waals surface area contributed by atoms with Crippen molar-refractivity contribution in [2.24, 2.45) is 0 Å². The van der Waals surface area contributed by atoms with Gasteiger partial charge < -0.3 is 24.1 Å². The molecule has 2 amide bonds. The molecule has 1 aromatic carbocycles. The van der Waals surface area contributed by atoms with Crippen LogP contribution in [0, 0.1) is 15.9 Å². The number of nitrogens with zero attached hydrogens (tertiary/aromatic N) is 4. The van der Waals surface area contributed by atoms with Crippen molar-refractivity contribution in [3.63, 3.8) is 0 Å². The summed E-state index contributed by atoms with van der Waals surface area (Å²) in [4.78, 5) is 39.3. The molecule has 13 heteroatoms. The number of methoxy groups -OCH3 is 1. The Bertz CT molecular complexity index is 1090. The first kappa shape index (κ1) is 24.4. The van der Waals surface area contributed by atoms with E-state index in [9.17, 15) is 24.1 Å². The normalized spacial score (nSPS) is 18.6. The van der Waals surface area contributed by atoms with Crippen molar-refractivity contribution >= 4 is 29.3 Å². The largest absolute Gasteiger partial charge is 0.442 e. The van der Waals surface area contributed by atoms with Crippen LogP contribution >= 0.6 is 0 Å². The van der Waals surface area contributed by atoms with E-state index in [2.05, 4.69) is 10.2 Å². The van der Waals surface area contributed by atoms with E-state index in [4.69, 9.17) is 13.9 Å². The van der Waals surface area contributed by atoms with Crippen LogP contribution in [0.15, 0.2) is 34.7 Å². The molecular weight excluding hydrogens is 465 g/mol. The van der Waals surface area contributed by atoms with Gasteiger partial charge in [-0.2, -0.15) is 0 Å². The molecule has 2 fully saturated rings. The number of carbonyl (C=O) groups excluding carboxylic acids is 2. The molecule has 0 radical (unpaired) electrons. The molecule has 1 aromatic heterocycles. The molecule has 188 valence electrons. The van der Waals surface area contributed by atoms with Crippen LogP contribution in [0.25, 0.3) is 0 Å². The molecule has 1 N–H and O–H groups in total. The Labute approximate surface area is 200 Å². The number of carbonyl (C=O) groups is 2. The first-order valence-electron chi connectivity index (χ1n) is 11.1. The van der Waals surface area contributed by atoms with Gasteiger partial charge in [0.15, 0.2) is 0 Å². The summed E-state index contributed by atoms with van der Waals surface area (Å²) < 4.78 is 30.2. The summed E-state index contributed by atoms with van der Waals surface area (Å²) >= 11 is 0. The second-order valence-electron chi connectivity index (χ2n) is 8.25. The molecule has 0 spiro atoms. The van der Waals surface area contributed by atoms with Gasteiger partial charge in [-0.3, -0.25) is 24.7 Å². The second-order valence-corrected chi connectivity index (χ2v) is 8.25. The van der Waals surface area contributed by atoms with E-state index in [0.717, 1.165) is 0 Å². The lowest BCUT2D eigenvalue weighted by atomic mass is 10.2. The fraction of sp³-hybridized carbons (Fsp3) is 0.455. The Morgan fingerprint density at radius 1 is 1.26 bits per heavy atom. The number of hydrogen-bond acceptors (Lipinski definition) is 9. The van der Waals surface area contributed by atoms with Crippen molar-refractivity contribution < 1.29 is 32.8 Å². The van der Waals surface area contributed by atoms with E-state index in [1.54, 1.807) is 18.2 Å². The van der Waals surface area contributed by atoms with Gasteiger partial charge in [0.1, 0.15) is 29.2 Å². The van der Waals surface area contributed by atoms with Crippen molar-refractivity contribution in [1.82, 2.24) is 10.2 Å². The Kier molecular flexibility index (Phi) is 7.46. The lowest BCUT2D eigenvalue weighted by molar-refractivity contribution is -0.402. The zero-order valence-electron chi connectivity index (χ0n) is 19.1. The van der Waals surface area contributed by atoms with E-state index < -0.39 is 22.9 Å². The fourth-order valence-electron chi connectivity index (χ4n) is 4.09. The molecule has 35 heavy (non-hydrogen) atoms. The van der Waals surface area contributed by atoms with Crippen LogP contribution < -0.4 is 15.1 Å². The van der Waals surface area contributed by atoms with Gasteiger partial charge in [0.05, 0.1) is 37.1 Å². The van der Waals surface area contributed by atoms with Crippen molar-refractivity contribution in [3.05, 3.63) is 52.0 Å². The van der Waals surface area contributed by atoms with Crippen LogP contribution in [0.3, 0.4) is 0 Å². The summed E-state index contributed by atoms with van der Waals surface area (Å²) in [5.41, 5.74) is 0.804. The fourth-order valence-corrected chi connectivity index (χ4v) is 4.09. The van der Waals surface area contributed by atoms with Crippen molar-refractivity contribution in [3.8, 4) is 0 Å². The number of nitrogens with one attached hydrogen (secondary N) is 1. The number of cyclic esters (lactones) is 1. The van der Waals surface area contributed by atoms with Crippen LogP contribution in [0.1, 0.15) is 5.76 Å². The molecule has 0 aliphatic carbocycles. The number of furan rings is 1. The third kappa shape index (κ3) is 5.87. The number of halogens is 1. The van der Waals surface area contributed by atoms with Gasteiger partial charge in [0.25, 0.3) is 0 Å². The zero-order chi connectivity index (χ0) is 24.9. The van der Waals surface area contributed by atoms with Crippen molar-refractivity contribution in [1.29, 1.82) is 0 Å². The number of hydrogen-bond donors (Lipinski definition) is 1. The molecule has 4 rings (SSSR count). The van der Waals surface area contributed by atoms with E-state index in [1.165, 1.54) is 24.1 Å². The van der Waals surface area contributed by atoms with Gasteiger partial charge in [0.2, 0.25) is 5.91 Å². The van der Waals surface area contributed by atoms with Crippen LogP contribution in [0.2, 0.25) is 0 Å². The Balaban J connectivity index is 1.31. The summed E-state index contributed by atoms with van der Waals surface area (Å²) in [5, 5.41) is 13.4. The maximum atomic E-state index is 15.0. The highest BCUT2D eigenvalue weighted by atomic mass is 19.1. The number of rotatable bonds is 9. The minimum atomic E-state index is -0.602. The molecule has 3 heterocycles. The number of anilines is 2. The summed E-state index contributed by atoms with van der Waals surface area (Å²) in [6.45, 7) is 3.07. The van der Waals surface area contributed by atoms with Crippen molar-refractivity contribution in [2.45, 2.75) is 12.6 Å². The molecule has 0 saturated carbocycles. The van der Waals surface area contributed by atoms with Crippen LogP contribution in [0.4, 0.5) is 26.4 Å². The summed E-state index contributed by atoms with van der Waals surface area (Å²) in [6, 6.07) is 7.52. The first-order chi connectivity index (χ1) is 16.8. The van der Waals surface area contributed by atoms with E-state index in [0.29, 0.717) is 49.9 Å². The molecule has 0 unspecified atom stereocenters. The SMILES string of the molecule is COCC(=O)NC[C@H]1CN(c2ccc(N3CCN(Cc4ccc([N+](=O)[O-])o4)CC3)c(F)c2)C(=O)O1. The second kappa shape index (κ2) is 10.7. The standard InChI is InChI=1S/C22H26FN5O7/c1-33-14-20(29)24-11-17-13-27(22(30)35-17)15-2-4-19(18(23)10-15)26-8-6-25(7-9-26)12-16-3-5-21(34-16)28(31)32/h2-5,10,17H,6-9,11-14H2,1H3,(H,24,29)/t17-/m0/s1. The lowest BCUT2D eigenvalue weighted by Gasteiger charge is -2.36. The molecule has 2 aromatic rings. The minimum Gasteiger partial charge on any atom is -0.442 e. The van der Waals surface area contributed by atoms with E-state index in [1.807, 2.05) is 4.90 Å². The van der Waals surface area contributed by atoms with Gasteiger partial charge in [-0.1, -0.05) is 0 Å². The van der Waals surface area contributed by atoms with E-state index in [-0.39, 0.29) is 31.5 Å². The lowest BCUT2D eigenvalue weighted by Crippen LogP contribution is -2.46. The van der Waals surface area contributed by atoms with Gasteiger partial charge in [-0.05, 0) is 24.3 Å². The third-order valence-corrected chi connectivity index (χ3v) is 5.84. The maximum absolute atomic E-state index is 15.0. The van der Waals surface area contributed by atoms with Crippen LogP contribution in [-0.2, 0) is 20.8 Å². The minimum absolute atomic E-state index is 0.0866. The number of nitro groups is 1. The molecule has 0 bridgehead atoms. The van der Waals surface area contributed by atoms with Crippen LogP contribution in [0.5, 0.6) is 0 Å². The van der Waals surface area contributed by atoms with Crippen molar-refractivity contribution in [2.75, 3.05) is 62.8 Å². The number of piperazine rings is 1.